The van der Waals surface area contributed by atoms with Crippen molar-refractivity contribution in [2.24, 2.45) is 5.92 Å². The van der Waals surface area contributed by atoms with Gasteiger partial charge < -0.3 is 14.4 Å². The van der Waals surface area contributed by atoms with Crippen LogP contribution in [0.4, 0.5) is 0 Å². The van der Waals surface area contributed by atoms with Gasteiger partial charge in [0.15, 0.2) is 0 Å². The summed E-state index contributed by atoms with van der Waals surface area (Å²) in [6.45, 7) is 6.21. The highest BCUT2D eigenvalue weighted by Crippen LogP contribution is 2.40. The molecule has 2 aromatic carbocycles. The van der Waals surface area contributed by atoms with E-state index in [1.807, 2.05) is 24.3 Å². The minimum Gasteiger partial charge on any atom is -0.497 e. The summed E-state index contributed by atoms with van der Waals surface area (Å²) >= 11 is 0. The molecular formula is C25H34N2O2. The molecule has 0 amide bonds. The number of methoxy groups -OCH3 is 2. The van der Waals surface area contributed by atoms with E-state index in [9.17, 15) is 5.26 Å². The Balaban J connectivity index is 2.06. The predicted octanol–water partition coefficient (Wildman–Crippen LogP) is 5.08. The Kier molecular flexibility index (Phi) is 8.54. The lowest BCUT2D eigenvalue weighted by molar-refractivity contribution is 0.292. The summed E-state index contributed by atoms with van der Waals surface area (Å²) in [5.74, 6) is 1.62. The van der Waals surface area contributed by atoms with Crippen molar-refractivity contribution in [2.75, 3.05) is 34.4 Å². The van der Waals surface area contributed by atoms with Crippen LogP contribution in [0.1, 0.15) is 37.8 Å². The third-order valence-corrected chi connectivity index (χ3v) is 5.79. The normalized spacial score (nSPS) is 13.2. The summed E-state index contributed by atoms with van der Waals surface area (Å²) in [6, 6.07) is 19.0. The number of nitriles is 1. The average Bonchev–Trinajstić information content (AvgIpc) is 2.75. The van der Waals surface area contributed by atoms with Gasteiger partial charge in [-0.2, -0.15) is 5.26 Å². The molecule has 0 bridgehead atoms. The lowest BCUT2D eigenvalue weighted by Gasteiger charge is -2.32. The Morgan fingerprint density at radius 2 is 1.62 bits per heavy atom. The second kappa shape index (κ2) is 10.9. The average molecular weight is 395 g/mol. The van der Waals surface area contributed by atoms with Gasteiger partial charge in [0.05, 0.1) is 25.7 Å². The summed E-state index contributed by atoms with van der Waals surface area (Å²) in [7, 11) is 5.44. The molecular weight excluding hydrogens is 360 g/mol. The second-order valence-electron chi connectivity index (χ2n) is 7.98. The van der Waals surface area contributed by atoms with Crippen LogP contribution in [0.2, 0.25) is 0 Å². The van der Waals surface area contributed by atoms with Crippen molar-refractivity contribution in [3.63, 3.8) is 0 Å². The fourth-order valence-electron chi connectivity index (χ4n) is 3.79. The SMILES string of the molecule is COc1cc(OC)cc([C@](C#N)(CCCN(C)CCc2ccccc2)C(C)C)c1. The molecule has 0 unspecified atom stereocenters. The smallest absolute Gasteiger partial charge is 0.122 e. The van der Waals surface area contributed by atoms with E-state index in [0.717, 1.165) is 49.4 Å². The fraction of sp³-hybridized carbons (Fsp3) is 0.480. The topological polar surface area (TPSA) is 45.5 Å². The molecule has 0 aliphatic carbocycles. The maximum atomic E-state index is 10.2. The number of benzene rings is 2. The number of ether oxygens (including phenoxy) is 2. The minimum atomic E-state index is -0.567. The zero-order valence-electron chi connectivity index (χ0n) is 18.4. The van der Waals surface area contributed by atoms with E-state index < -0.39 is 5.41 Å². The van der Waals surface area contributed by atoms with E-state index in [1.165, 1.54) is 5.56 Å². The molecule has 0 spiro atoms. The molecule has 1 atom stereocenters. The molecule has 0 aliphatic heterocycles. The molecule has 0 saturated carbocycles. The van der Waals surface area contributed by atoms with Crippen molar-refractivity contribution in [3.8, 4) is 17.6 Å². The van der Waals surface area contributed by atoms with Crippen molar-refractivity contribution in [3.05, 3.63) is 59.7 Å². The van der Waals surface area contributed by atoms with E-state index in [2.05, 4.69) is 56.1 Å². The van der Waals surface area contributed by atoms with E-state index in [-0.39, 0.29) is 5.92 Å². The van der Waals surface area contributed by atoms with Gasteiger partial charge in [-0.15, -0.1) is 0 Å². The first-order chi connectivity index (χ1) is 13.9. The molecule has 4 heteroatoms. The van der Waals surface area contributed by atoms with Crippen molar-refractivity contribution in [1.29, 1.82) is 5.26 Å². The van der Waals surface area contributed by atoms with Crippen molar-refractivity contribution in [1.82, 2.24) is 4.90 Å². The Morgan fingerprint density at radius 1 is 1.00 bits per heavy atom. The quantitative estimate of drug-likeness (QED) is 0.533. The van der Waals surface area contributed by atoms with Crippen LogP contribution in [-0.4, -0.2) is 39.3 Å². The minimum absolute atomic E-state index is 0.180. The molecule has 0 heterocycles. The summed E-state index contributed by atoms with van der Waals surface area (Å²) in [5.41, 5.74) is 1.76. The Bertz CT molecular complexity index is 776. The number of likely N-dealkylation sites (N-methyl/N-ethyl adjacent to an activating group) is 1. The molecule has 0 aromatic heterocycles. The van der Waals surface area contributed by atoms with Crippen LogP contribution in [0, 0.1) is 17.2 Å². The van der Waals surface area contributed by atoms with Crippen LogP contribution in [0.3, 0.4) is 0 Å². The zero-order chi connectivity index (χ0) is 21.3. The van der Waals surface area contributed by atoms with E-state index in [1.54, 1.807) is 14.2 Å². The molecule has 0 fully saturated rings. The highest BCUT2D eigenvalue weighted by molar-refractivity contribution is 5.45. The van der Waals surface area contributed by atoms with Gasteiger partial charge in [-0.3, -0.25) is 0 Å². The van der Waals surface area contributed by atoms with Crippen LogP contribution < -0.4 is 9.47 Å². The standard InChI is InChI=1S/C25H34N2O2/c1-20(2)25(19-26,22-16-23(28-4)18-24(17-22)29-5)13-9-14-27(3)15-12-21-10-7-6-8-11-21/h6-8,10-11,16-18,20H,9,12-15H2,1-5H3/t25-/m0/s1. The highest BCUT2D eigenvalue weighted by atomic mass is 16.5. The second-order valence-corrected chi connectivity index (χ2v) is 7.98. The zero-order valence-corrected chi connectivity index (χ0v) is 18.4. The molecule has 0 radical (unpaired) electrons. The molecule has 29 heavy (non-hydrogen) atoms. The number of hydrogen-bond donors (Lipinski definition) is 0. The van der Waals surface area contributed by atoms with E-state index in [4.69, 9.17) is 9.47 Å². The van der Waals surface area contributed by atoms with Crippen LogP contribution in [0.15, 0.2) is 48.5 Å². The molecule has 0 N–H and O–H groups in total. The monoisotopic (exact) mass is 394 g/mol. The van der Waals surface area contributed by atoms with Gasteiger partial charge in [-0.05, 0) is 62.0 Å². The molecule has 0 aliphatic rings. The lowest BCUT2D eigenvalue weighted by atomic mass is 9.69. The molecule has 156 valence electrons. The van der Waals surface area contributed by atoms with Crippen LogP contribution in [0.5, 0.6) is 11.5 Å². The van der Waals surface area contributed by atoms with Gasteiger partial charge in [0.1, 0.15) is 11.5 Å². The number of nitrogens with zero attached hydrogens (tertiary/aromatic N) is 2. The summed E-state index contributed by atoms with van der Waals surface area (Å²) < 4.78 is 10.9. The summed E-state index contributed by atoms with van der Waals surface area (Å²) in [5, 5.41) is 10.2. The largest absolute Gasteiger partial charge is 0.497 e. The number of rotatable bonds is 11. The highest BCUT2D eigenvalue weighted by Gasteiger charge is 2.36. The molecule has 0 saturated heterocycles. The summed E-state index contributed by atoms with van der Waals surface area (Å²) in [4.78, 5) is 2.35. The van der Waals surface area contributed by atoms with Crippen molar-refractivity contribution >= 4 is 0 Å². The first kappa shape index (κ1) is 22.8. The van der Waals surface area contributed by atoms with Gasteiger partial charge in [-0.25, -0.2) is 0 Å². The predicted molar refractivity (Wildman–Crippen MR) is 119 cm³/mol. The van der Waals surface area contributed by atoms with E-state index in [0.29, 0.717) is 0 Å². The lowest BCUT2D eigenvalue weighted by Crippen LogP contribution is -2.32. The Hall–Kier alpha value is -2.51. The Morgan fingerprint density at radius 3 is 2.14 bits per heavy atom. The van der Waals surface area contributed by atoms with Gasteiger partial charge in [0.25, 0.3) is 0 Å². The summed E-state index contributed by atoms with van der Waals surface area (Å²) in [6.07, 6.45) is 2.79. The van der Waals surface area contributed by atoms with Crippen molar-refractivity contribution < 1.29 is 9.47 Å². The van der Waals surface area contributed by atoms with Gasteiger partial charge in [0.2, 0.25) is 0 Å². The van der Waals surface area contributed by atoms with Crippen LogP contribution in [-0.2, 0) is 11.8 Å². The maximum Gasteiger partial charge on any atom is 0.122 e. The molecule has 2 aromatic rings. The first-order valence-corrected chi connectivity index (χ1v) is 10.3. The molecule has 4 nitrogen and oxygen atoms in total. The van der Waals surface area contributed by atoms with Gasteiger partial charge >= 0.3 is 0 Å². The van der Waals surface area contributed by atoms with Crippen LogP contribution >= 0.6 is 0 Å². The van der Waals surface area contributed by atoms with E-state index >= 15 is 0 Å². The third kappa shape index (κ3) is 5.98. The first-order valence-electron chi connectivity index (χ1n) is 10.3. The molecule has 2 rings (SSSR count). The van der Waals surface area contributed by atoms with Crippen LogP contribution in [0.25, 0.3) is 0 Å². The third-order valence-electron chi connectivity index (χ3n) is 5.79. The fourth-order valence-corrected chi connectivity index (χ4v) is 3.79. The van der Waals surface area contributed by atoms with Gasteiger partial charge in [0, 0.05) is 12.6 Å². The van der Waals surface area contributed by atoms with Gasteiger partial charge in [-0.1, -0.05) is 44.2 Å². The van der Waals surface area contributed by atoms with Crippen molar-refractivity contribution in [2.45, 2.75) is 38.5 Å². The number of hydrogen-bond acceptors (Lipinski definition) is 4. The maximum absolute atomic E-state index is 10.2. The Labute approximate surface area is 176 Å².